The second-order valence-electron chi connectivity index (χ2n) is 6.39. The Balaban J connectivity index is 2.30. The number of primary amides is 1. The molecule has 3 N–H and O–H groups in total. The number of phenols is 1. The summed E-state index contributed by atoms with van der Waals surface area (Å²) in [6.07, 6.45) is 1.33. The van der Waals surface area contributed by atoms with Crippen molar-refractivity contribution in [2.45, 2.75) is 26.9 Å². The molecule has 1 heterocycles. The minimum Gasteiger partial charge on any atom is -0.504 e. The number of nitrogens with zero attached hydrogens (tertiary/aromatic N) is 1. The van der Waals surface area contributed by atoms with Crippen LogP contribution in [0.2, 0.25) is 0 Å². The van der Waals surface area contributed by atoms with E-state index in [0.717, 1.165) is 5.56 Å². The van der Waals surface area contributed by atoms with Gasteiger partial charge in [0, 0.05) is 23.3 Å². The van der Waals surface area contributed by atoms with E-state index in [1.165, 1.54) is 12.3 Å². The zero-order chi connectivity index (χ0) is 19.0. The van der Waals surface area contributed by atoms with Crippen LogP contribution in [-0.2, 0) is 0 Å². The first-order valence-corrected chi connectivity index (χ1v) is 8.24. The molecule has 1 amide bonds. The van der Waals surface area contributed by atoms with Crippen LogP contribution in [-0.4, -0.2) is 21.7 Å². The van der Waals surface area contributed by atoms with Gasteiger partial charge in [0.15, 0.2) is 11.5 Å². The lowest BCUT2D eigenvalue weighted by atomic mass is 10.1. The Morgan fingerprint density at radius 1 is 1.23 bits per heavy atom. The number of aryl methyl sites for hydroxylation is 1. The molecule has 2 aromatic carbocycles. The number of phenolic OH excluding ortho intramolecular Hbond substituents is 1. The Kier molecular flexibility index (Phi) is 4.42. The predicted molar refractivity (Wildman–Crippen MR) is 100 cm³/mol. The average molecular weight is 352 g/mol. The molecule has 3 rings (SSSR count). The van der Waals surface area contributed by atoms with E-state index in [9.17, 15) is 14.7 Å². The number of pyridine rings is 1. The number of aromatic hydroxyl groups is 1. The number of hydrogen-bond acceptors (Lipinski definition) is 4. The minimum atomic E-state index is -0.794. The summed E-state index contributed by atoms with van der Waals surface area (Å²) in [5, 5.41) is 10.7. The SMILES string of the molecule is Cc1cccc2c1c(=O)c(C(N)=O)cn2-c1ccc(OC(C)C)c(O)c1. The number of aromatic nitrogens is 1. The summed E-state index contributed by atoms with van der Waals surface area (Å²) in [4.78, 5) is 24.4. The molecule has 0 aliphatic rings. The maximum atomic E-state index is 12.6. The Hall–Kier alpha value is -3.28. The number of nitrogens with two attached hydrogens (primary N) is 1. The number of ether oxygens (including phenoxy) is 1. The van der Waals surface area contributed by atoms with Gasteiger partial charge in [-0.2, -0.15) is 0 Å². The second-order valence-corrected chi connectivity index (χ2v) is 6.39. The molecule has 0 saturated heterocycles. The van der Waals surface area contributed by atoms with Gasteiger partial charge < -0.3 is 20.1 Å². The number of hydrogen-bond donors (Lipinski definition) is 2. The van der Waals surface area contributed by atoms with Gasteiger partial charge >= 0.3 is 0 Å². The smallest absolute Gasteiger partial charge is 0.254 e. The van der Waals surface area contributed by atoms with Gasteiger partial charge in [-0.05, 0) is 44.5 Å². The maximum absolute atomic E-state index is 12.6. The Labute approximate surface area is 150 Å². The molecule has 6 heteroatoms. The third-order valence-electron chi connectivity index (χ3n) is 4.09. The molecule has 26 heavy (non-hydrogen) atoms. The third kappa shape index (κ3) is 3.01. The first kappa shape index (κ1) is 17.5. The average Bonchev–Trinajstić information content (AvgIpc) is 2.56. The topological polar surface area (TPSA) is 94.6 Å². The zero-order valence-electron chi connectivity index (χ0n) is 14.8. The number of rotatable bonds is 4. The summed E-state index contributed by atoms with van der Waals surface area (Å²) in [7, 11) is 0. The zero-order valence-corrected chi connectivity index (χ0v) is 14.8. The lowest BCUT2D eigenvalue weighted by Gasteiger charge is -2.16. The quantitative estimate of drug-likeness (QED) is 0.755. The fourth-order valence-electron chi connectivity index (χ4n) is 2.94. The number of carbonyl (C=O) groups is 1. The van der Waals surface area contributed by atoms with Crippen LogP contribution in [0.1, 0.15) is 29.8 Å². The van der Waals surface area contributed by atoms with Crippen molar-refractivity contribution in [3.8, 4) is 17.2 Å². The normalized spacial score (nSPS) is 11.1. The molecule has 0 aliphatic carbocycles. The molecule has 6 nitrogen and oxygen atoms in total. The Morgan fingerprint density at radius 3 is 2.58 bits per heavy atom. The van der Waals surface area contributed by atoms with Gasteiger partial charge in [0.05, 0.1) is 11.6 Å². The molecular weight excluding hydrogens is 332 g/mol. The van der Waals surface area contributed by atoms with Gasteiger partial charge in [-0.1, -0.05) is 12.1 Å². The number of fused-ring (bicyclic) bond motifs is 1. The van der Waals surface area contributed by atoms with Gasteiger partial charge in [-0.25, -0.2) is 0 Å². The van der Waals surface area contributed by atoms with E-state index in [4.69, 9.17) is 10.5 Å². The lowest BCUT2D eigenvalue weighted by Crippen LogP contribution is -2.24. The third-order valence-corrected chi connectivity index (χ3v) is 4.09. The van der Waals surface area contributed by atoms with E-state index < -0.39 is 11.3 Å². The molecule has 0 fully saturated rings. The van der Waals surface area contributed by atoms with Gasteiger partial charge in [0.1, 0.15) is 5.56 Å². The van der Waals surface area contributed by atoms with Crippen LogP contribution in [0.5, 0.6) is 11.5 Å². The van der Waals surface area contributed by atoms with Gasteiger partial charge in [-0.3, -0.25) is 9.59 Å². The highest BCUT2D eigenvalue weighted by atomic mass is 16.5. The molecule has 0 radical (unpaired) electrons. The van der Waals surface area contributed by atoms with E-state index in [2.05, 4.69) is 0 Å². The molecule has 134 valence electrons. The second kappa shape index (κ2) is 6.55. The molecule has 0 saturated carbocycles. The number of carbonyl (C=O) groups excluding carboxylic acids is 1. The summed E-state index contributed by atoms with van der Waals surface area (Å²) >= 11 is 0. The summed E-state index contributed by atoms with van der Waals surface area (Å²) in [5.74, 6) is -0.463. The highest BCUT2D eigenvalue weighted by Gasteiger charge is 2.16. The van der Waals surface area contributed by atoms with Crippen molar-refractivity contribution in [2.75, 3.05) is 0 Å². The van der Waals surface area contributed by atoms with Crippen molar-refractivity contribution >= 4 is 16.8 Å². The Morgan fingerprint density at radius 2 is 1.96 bits per heavy atom. The van der Waals surface area contributed by atoms with Crippen molar-refractivity contribution in [1.82, 2.24) is 4.57 Å². The van der Waals surface area contributed by atoms with Crippen LogP contribution in [0, 0.1) is 6.92 Å². The van der Waals surface area contributed by atoms with Gasteiger partial charge in [-0.15, -0.1) is 0 Å². The van der Waals surface area contributed by atoms with Crippen molar-refractivity contribution in [3.63, 3.8) is 0 Å². The maximum Gasteiger partial charge on any atom is 0.254 e. The van der Waals surface area contributed by atoms with Crippen LogP contribution in [0.25, 0.3) is 16.6 Å². The molecule has 1 aromatic heterocycles. The summed E-state index contributed by atoms with van der Waals surface area (Å²) in [6.45, 7) is 5.53. The minimum absolute atomic E-state index is 0.0312. The molecule has 0 atom stereocenters. The number of benzene rings is 2. The van der Waals surface area contributed by atoms with E-state index in [1.807, 2.05) is 19.9 Å². The lowest BCUT2D eigenvalue weighted by molar-refractivity contribution is 0.0999. The molecule has 0 spiro atoms. The van der Waals surface area contributed by atoms with E-state index >= 15 is 0 Å². The van der Waals surface area contributed by atoms with Crippen LogP contribution in [0.4, 0.5) is 0 Å². The molecule has 0 unspecified atom stereocenters. The largest absolute Gasteiger partial charge is 0.504 e. The van der Waals surface area contributed by atoms with E-state index in [-0.39, 0.29) is 17.4 Å². The van der Waals surface area contributed by atoms with Crippen LogP contribution in [0.15, 0.2) is 47.4 Å². The first-order chi connectivity index (χ1) is 12.3. The van der Waals surface area contributed by atoms with Crippen molar-refractivity contribution in [1.29, 1.82) is 0 Å². The van der Waals surface area contributed by atoms with Crippen LogP contribution >= 0.6 is 0 Å². The molecule has 0 aliphatic heterocycles. The molecular formula is C20H20N2O4. The fourth-order valence-corrected chi connectivity index (χ4v) is 2.94. The van der Waals surface area contributed by atoms with E-state index in [0.29, 0.717) is 22.3 Å². The van der Waals surface area contributed by atoms with Crippen LogP contribution in [0.3, 0.4) is 0 Å². The molecule has 3 aromatic rings. The van der Waals surface area contributed by atoms with Gasteiger partial charge in [0.2, 0.25) is 5.43 Å². The first-order valence-electron chi connectivity index (χ1n) is 8.24. The summed E-state index contributed by atoms with van der Waals surface area (Å²) in [6, 6.07) is 10.3. The number of amides is 1. The van der Waals surface area contributed by atoms with Gasteiger partial charge in [0.25, 0.3) is 5.91 Å². The highest BCUT2D eigenvalue weighted by Crippen LogP contribution is 2.30. The van der Waals surface area contributed by atoms with Crippen molar-refractivity contribution < 1.29 is 14.6 Å². The summed E-state index contributed by atoms with van der Waals surface area (Å²) in [5.41, 5.74) is 6.84. The standard InChI is InChI=1S/C20H20N2O4/c1-11(2)26-17-8-7-13(9-16(17)23)22-10-14(20(21)25)19(24)18-12(3)5-4-6-15(18)22/h4-11,23H,1-3H3,(H2,21,25). The Bertz CT molecular complexity index is 1070. The monoisotopic (exact) mass is 352 g/mol. The van der Waals surface area contributed by atoms with Crippen LogP contribution < -0.4 is 15.9 Å². The highest BCUT2D eigenvalue weighted by molar-refractivity contribution is 5.97. The van der Waals surface area contributed by atoms with Crippen molar-refractivity contribution in [2.24, 2.45) is 5.73 Å². The fraction of sp³-hybridized carbons (Fsp3) is 0.200. The van der Waals surface area contributed by atoms with E-state index in [1.54, 1.807) is 35.8 Å². The summed E-state index contributed by atoms with van der Waals surface area (Å²) < 4.78 is 7.21. The molecule has 0 bridgehead atoms. The predicted octanol–water partition coefficient (Wildman–Crippen LogP) is 2.89. The van der Waals surface area contributed by atoms with Crippen molar-refractivity contribution in [3.05, 3.63) is 63.9 Å².